The number of aliphatic hydroxyl groups is 3. The van der Waals surface area contributed by atoms with Crippen LogP contribution in [0.25, 0.3) is 10.9 Å². The third-order valence-electron chi connectivity index (χ3n) is 5.76. The van der Waals surface area contributed by atoms with Crippen molar-refractivity contribution >= 4 is 16.9 Å². The van der Waals surface area contributed by atoms with Gasteiger partial charge in [-0.25, -0.2) is 0 Å². The average Bonchev–Trinajstić information content (AvgIpc) is 3.33. The molecule has 1 aromatic heterocycles. The lowest BCUT2D eigenvalue weighted by Gasteiger charge is -2.29. The second-order valence-electron chi connectivity index (χ2n) is 8.03. The first-order chi connectivity index (χ1) is 15.3. The number of esters is 1. The molecule has 2 aliphatic heterocycles. The highest BCUT2D eigenvalue weighted by Crippen LogP contribution is 2.28. The molecule has 10 heteroatoms. The van der Waals surface area contributed by atoms with Gasteiger partial charge < -0.3 is 46.1 Å². The minimum atomic E-state index is -1.27. The number of nitrogens with zero attached hydrogens (tertiary/aromatic N) is 1. The molecule has 1 saturated heterocycles. The second kappa shape index (κ2) is 9.41. The van der Waals surface area contributed by atoms with E-state index in [-0.39, 0.29) is 13.0 Å². The Hall–Kier alpha value is -2.73. The molecule has 1 unspecified atom stereocenters. The van der Waals surface area contributed by atoms with Crippen molar-refractivity contribution in [1.29, 1.82) is 0 Å². The van der Waals surface area contributed by atoms with Crippen LogP contribution in [0.3, 0.4) is 0 Å². The number of ether oxygens (including phenoxy) is 2. The van der Waals surface area contributed by atoms with E-state index in [1.54, 1.807) is 18.5 Å². The van der Waals surface area contributed by atoms with Crippen molar-refractivity contribution in [2.24, 2.45) is 11.5 Å². The number of benzene rings is 1. The number of carbonyl (C=O) groups is 1. The Morgan fingerprint density at radius 2 is 2.06 bits per heavy atom. The predicted octanol–water partition coefficient (Wildman–Crippen LogP) is -0.592. The van der Waals surface area contributed by atoms with E-state index in [1.165, 1.54) is 4.90 Å². The van der Waals surface area contributed by atoms with Crippen LogP contribution in [0.2, 0.25) is 0 Å². The number of nitrogens with two attached hydrogens (primary N) is 2. The number of H-pyrrole nitrogens is 1. The smallest absolute Gasteiger partial charge is 0.323 e. The summed E-state index contributed by atoms with van der Waals surface area (Å²) in [4.78, 5) is 17.1. The summed E-state index contributed by atoms with van der Waals surface area (Å²) in [7, 11) is 0. The molecule has 172 valence electrons. The molecule has 6 atom stereocenters. The molecule has 4 rings (SSSR count). The van der Waals surface area contributed by atoms with E-state index in [2.05, 4.69) is 4.98 Å². The lowest BCUT2D eigenvalue weighted by atomic mass is 10.1. The zero-order valence-electron chi connectivity index (χ0n) is 17.4. The normalized spacial score (nSPS) is 27.4. The number of carbonyl (C=O) groups excluding carboxylic acids is 1. The average molecular weight is 444 g/mol. The monoisotopic (exact) mass is 444 g/mol. The molecule has 3 heterocycles. The molecule has 2 aliphatic rings. The molecule has 0 aliphatic carbocycles. The largest absolute Gasteiger partial charge is 0.462 e. The van der Waals surface area contributed by atoms with Crippen LogP contribution in [0.1, 0.15) is 12.0 Å². The van der Waals surface area contributed by atoms with E-state index in [1.807, 2.05) is 30.5 Å². The van der Waals surface area contributed by atoms with Gasteiger partial charge in [0.1, 0.15) is 37.2 Å². The highest BCUT2D eigenvalue weighted by Gasteiger charge is 2.45. The van der Waals surface area contributed by atoms with Crippen LogP contribution < -0.4 is 11.5 Å². The molecule has 0 spiro atoms. The summed E-state index contributed by atoms with van der Waals surface area (Å²) in [5.74, 6) is -0.629. The highest BCUT2D eigenvalue weighted by atomic mass is 16.6. The van der Waals surface area contributed by atoms with Crippen LogP contribution >= 0.6 is 0 Å². The van der Waals surface area contributed by atoms with E-state index in [0.717, 1.165) is 16.5 Å². The van der Waals surface area contributed by atoms with Gasteiger partial charge in [-0.1, -0.05) is 24.3 Å². The van der Waals surface area contributed by atoms with Crippen molar-refractivity contribution in [3.8, 4) is 0 Å². The summed E-state index contributed by atoms with van der Waals surface area (Å²) in [6.45, 7) is -0.261. The van der Waals surface area contributed by atoms with Gasteiger partial charge in [-0.2, -0.15) is 0 Å². The van der Waals surface area contributed by atoms with Gasteiger partial charge in [-0.3, -0.25) is 4.79 Å². The minimum Gasteiger partial charge on any atom is -0.462 e. The number of aliphatic hydroxyl groups excluding tert-OH is 3. The fourth-order valence-electron chi connectivity index (χ4n) is 3.96. The van der Waals surface area contributed by atoms with Crippen molar-refractivity contribution in [2.45, 2.75) is 49.7 Å². The number of allylic oxidation sites excluding steroid dienone is 1. The van der Waals surface area contributed by atoms with Crippen LogP contribution in [-0.2, 0) is 20.7 Å². The van der Waals surface area contributed by atoms with E-state index in [9.17, 15) is 20.1 Å². The summed E-state index contributed by atoms with van der Waals surface area (Å²) in [6.07, 6.45) is 2.04. The number of aromatic nitrogens is 1. The lowest BCUT2D eigenvalue weighted by Crippen LogP contribution is -2.41. The maximum Gasteiger partial charge on any atom is 0.323 e. The SMILES string of the molecule is NC(O)C1=CN([C@@H]2O[C@H](COC(=O)[C@@H](N)Cc3c[nH]c4ccccc34)[C@@H](O)[C@H]2O)C=CC1. The van der Waals surface area contributed by atoms with Crippen LogP contribution in [0, 0.1) is 0 Å². The predicted molar refractivity (Wildman–Crippen MR) is 115 cm³/mol. The number of nitrogens with one attached hydrogen (secondary N) is 1. The Morgan fingerprint density at radius 1 is 1.28 bits per heavy atom. The Kier molecular flexibility index (Phi) is 6.60. The van der Waals surface area contributed by atoms with Gasteiger partial charge in [0.2, 0.25) is 0 Å². The van der Waals surface area contributed by atoms with Crippen molar-refractivity contribution in [3.63, 3.8) is 0 Å². The molecule has 32 heavy (non-hydrogen) atoms. The Bertz CT molecular complexity index is 1020. The number of aromatic amines is 1. The maximum atomic E-state index is 12.4. The number of para-hydroxylation sites is 1. The summed E-state index contributed by atoms with van der Waals surface area (Å²) >= 11 is 0. The highest BCUT2D eigenvalue weighted by molar-refractivity contribution is 5.84. The van der Waals surface area contributed by atoms with Gasteiger partial charge in [0, 0.05) is 35.9 Å². The topological polar surface area (TPSA) is 167 Å². The lowest BCUT2D eigenvalue weighted by molar-refractivity contribution is -0.151. The third kappa shape index (κ3) is 4.56. The molecular formula is C22H28N4O6. The van der Waals surface area contributed by atoms with Crippen molar-refractivity contribution < 1.29 is 29.6 Å². The summed E-state index contributed by atoms with van der Waals surface area (Å²) in [5.41, 5.74) is 13.9. The first-order valence-corrected chi connectivity index (χ1v) is 10.4. The maximum absolute atomic E-state index is 12.4. The van der Waals surface area contributed by atoms with Gasteiger partial charge in [0.15, 0.2) is 6.23 Å². The molecule has 1 fully saturated rings. The first kappa shape index (κ1) is 22.5. The van der Waals surface area contributed by atoms with Gasteiger partial charge in [-0.15, -0.1) is 0 Å². The van der Waals surface area contributed by atoms with Crippen LogP contribution in [-0.4, -0.2) is 74.6 Å². The molecule has 0 bridgehead atoms. The molecule has 0 saturated carbocycles. The number of hydrogen-bond donors (Lipinski definition) is 6. The molecule has 1 aromatic carbocycles. The van der Waals surface area contributed by atoms with E-state index in [4.69, 9.17) is 20.9 Å². The van der Waals surface area contributed by atoms with Gasteiger partial charge >= 0.3 is 5.97 Å². The third-order valence-corrected chi connectivity index (χ3v) is 5.76. The van der Waals surface area contributed by atoms with Gasteiger partial charge in [-0.05, 0) is 23.6 Å². The minimum absolute atomic E-state index is 0.261. The zero-order valence-corrected chi connectivity index (χ0v) is 17.4. The summed E-state index contributed by atoms with van der Waals surface area (Å²) in [5, 5.41) is 31.3. The zero-order chi connectivity index (χ0) is 22.8. The second-order valence-corrected chi connectivity index (χ2v) is 8.03. The van der Waals surface area contributed by atoms with E-state index >= 15 is 0 Å². The van der Waals surface area contributed by atoms with Crippen molar-refractivity contribution in [3.05, 3.63) is 60.1 Å². The first-order valence-electron chi connectivity index (χ1n) is 10.4. The van der Waals surface area contributed by atoms with Crippen LogP contribution in [0.4, 0.5) is 0 Å². The standard InChI is InChI=1S/C22H28N4O6/c23-15(8-13-9-25-16-6-2-1-5-14(13)16)22(30)31-11-17-18(27)19(28)21(32-17)26-7-3-4-12(10-26)20(24)29/h1-3,5-7,9-10,15,17-21,25,27-29H,4,8,11,23-24H2/t15-,17+,18+,19+,20?,21+/m0/s1. The number of hydrogen-bond acceptors (Lipinski definition) is 9. The molecule has 8 N–H and O–H groups in total. The van der Waals surface area contributed by atoms with Crippen LogP contribution in [0.5, 0.6) is 0 Å². The van der Waals surface area contributed by atoms with Crippen molar-refractivity contribution in [1.82, 2.24) is 9.88 Å². The summed E-state index contributed by atoms with van der Waals surface area (Å²) < 4.78 is 11.0. The fraction of sp³-hybridized carbons (Fsp3) is 0.409. The number of fused-ring (bicyclic) bond motifs is 1. The van der Waals surface area contributed by atoms with Crippen LogP contribution in [0.15, 0.2) is 54.5 Å². The molecular weight excluding hydrogens is 416 g/mol. The molecule has 2 aromatic rings. The fourth-order valence-corrected chi connectivity index (χ4v) is 3.96. The Labute approximate surface area is 184 Å². The molecule has 0 radical (unpaired) electrons. The van der Waals surface area contributed by atoms with Gasteiger partial charge in [0.25, 0.3) is 0 Å². The Balaban J connectivity index is 1.33. The quantitative estimate of drug-likeness (QED) is 0.241. The molecule has 0 amide bonds. The van der Waals surface area contributed by atoms with E-state index in [0.29, 0.717) is 12.0 Å². The number of rotatable bonds is 7. The van der Waals surface area contributed by atoms with Gasteiger partial charge in [0.05, 0.1) is 0 Å². The van der Waals surface area contributed by atoms with Crippen molar-refractivity contribution in [2.75, 3.05) is 6.61 Å². The molecule has 10 nitrogen and oxygen atoms in total. The Morgan fingerprint density at radius 3 is 2.84 bits per heavy atom. The van der Waals surface area contributed by atoms with E-state index < -0.39 is 42.8 Å². The summed E-state index contributed by atoms with van der Waals surface area (Å²) in [6, 6.07) is 6.82.